The van der Waals surface area contributed by atoms with Gasteiger partial charge in [-0.1, -0.05) is 19.4 Å². The van der Waals surface area contributed by atoms with Gasteiger partial charge in [-0.25, -0.2) is 4.39 Å². The Hall–Kier alpha value is -1.42. The van der Waals surface area contributed by atoms with E-state index in [0.717, 1.165) is 30.5 Å². The van der Waals surface area contributed by atoms with E-state index in [-0.39, 0.29) is 5.82 Å². The Morgan fingerprint density at radius 1 is 1.50 bits per heavy atom. The first-order valence-electron chi connectivity index (χ1n) is 7.23. The molecule has 1 aliphatic heterocycles. The van der Waals surface area contributed by atoms with E-state index < -0.39 is 12.0 Å². The van der Waals surface area contributed by atoms with Crippen LogP contribution in [-0.4, -0.2) is 28.6 Å². The fourth-order valence-electron chi connectivity index (χ4n) is 2.96. The zero-order chi connectivity index (χ0) is 14.7. The van der Waals surface area contributed by atoms with Gasteiger partial charge in [-0.3, -0.25) is 9.69 Å². The van der Waals surface area contributed by atoms with Crippen LogP contribution in [0.15, 0.2) is 18.2 Å². The van der Waals surface area contributed by atoms with Crippen LogP contribution in [0.25, 0.3) is 0 Å². The number of hydrogen-bond acceptors (Lipinski definition) is 2. The molecule has 0 radical (unpaired) electrons. The fourth-order valence-corrected chi connectivity index (χ4v) is 2.96. The second-order valence-corrected chi connectivity index (χ2v) is 5.69. The number of likely N-dealkylation sites (tertiary alicyclic amines) is 1. The molecule has 0 bridgehead atoms. The molecule has 1 aromatic rings. The molecule has 4 heteroatoms. The third-order valence-electron chi connectivity index (χ3n) is 4.36. The fraction of sp³-hybridized carbons (Fsp3) is 0.562. The SMILES string of the molecule is CCC1CCN(Cc2ccc(F)cc2C)C(C(=O)O)C1. The normalized spacial score (nSPS) is 23.8. The number of rotatable bonds is 4. The molecule has 0 aromatic heterocycles. The molecule has 0 amide bonds. The van der Waals surface area contributed by atoms with Crippen molar-refractivity contribution in [3.8, 4) is 0 Å². The zero-order valence-corrected chi connectivity index (χ0v) is 12.1. The van der Waals surface area contributed by atoms with Crippen molar-refractivity contribution in [2.75, 3.05) is 6.54 Å². The minimum absolute atomic E-state index is 0.245. The number of aryl methyl sites for hydroxylation is 1. The topological polar surface area (TPSA) is 40.5 Å². The maximum Gasteiger partial charge on any atom is 0.320 e. The lowest BCUT2D eigenvalue weighted by Crippen LogP contribution is -2.46. The molecule has 1 saturated heterocycles. The van der Waals surface area contributed by atoms with Crippen LogP contribution in [0.3, 0.4) is 0 Å². The van der Waals surface area contributed by atoms with E-state index in [1.807, 2.05) is 11.8 Å². The molecule has 20 heavy (non-hydrogen) atoms. The first-order chi connectivity index (χ1) is 9.51. The van der Waals surface area contributed by atoms with Crippen molar-refractivity contribution >= 4 is 5.97 Å². The number of piperidine rings is 1. The van der Waals surface area contributed by atoms with E-state index in [1.165, 1.54) is 12.1 Å². The summed E-state index contributed by atoms with van der Waals surface area (Å²) in [5.74, 6) is -0.490. The Balaban J connectivity index is 2.12. The van der Waals surface area contributed by atoms with Gasteiger partial charge in [0.1, 0.15) is 11.9 Å². The van der Waals surface area contributed by atoms with Crippen molar-refractivity contribution in [2.24, 2.45) is 5.92 Å². The second kappa shape index (κ2) is 6.35. The van der Waals surface area contributed by atoms with Gasteiger partial charge in [0, 0.05) is 6.54 Å². The predicted octanol–water partition coefficient (Wildman–Crippen LogP) is 3.21. The smallest absolute Gasteiger partial charge is 0.320 e. The molecule has 110 valence electrons. The first-order valence-corrected chi connectivity index (χ1v) is 7.23. The third-order valence-corrected chi connectivity index (χ3v) is 4.36. The van der Waals surface area contributed by atoms with Gasteiger partial charge in [0.2, 0.25) is 0 Å². The maximum absolute atomic E-state index is 13.1. The van der Waals surface area contributed by atoms with Crippen LogP contribution in [0.2, 0.25) is 0 Å². The number of carboxylic acid groups (broad SMARTS) is 1. The number of nitrogens with zero attached hydrogens (tertiary/aromatic N) is 1. The largest absolute Gasteiger partial charge is 0.480 e. The van der Waals surface area contributed by atoms with Crippen LogP contribution >= 0.6 is 0 Å². The van der Waals surface area contributed by atoms with Crippen molar-refractivity contribution < 1.29 is 14.3 Å². The summed E-state index contributed by atoms with van der Waals surface area (Å²) < 4.78 is 13.1. The van der Waals surface area contributed by atoms with Crippen LogP contribution < -0.4 is 0 Å². The molecule has 0 spiro atoms. The quantitative estimate of drug-likeness (QED) is 0.920. The number of halogens is 1. The Morgan fingerprint density at radius 3 is 2.85 bits per heavy atom. The van der Waals surface area contributed by atoms with Gasteiger partial charge in [-0.05, 0) is 55.5 Å². The van der Waals surface area contributed by atoms with E-state index in [1.54, 1.807) is 6.07 Å². The number of carbonyl (C=O) groups is 1. The molecule has 1 aromatic carbocycles. The Kier molecular flexibility index (Phi) is 4.76. The summed E-state index contributed by atoms with van der Waals surface area (Å²) in [5, 5.41) is 9.41. The highest BCUT2D eigenvalue weighted by molar-refractivity contribution is 5.73. The van der Waals surface area contributed by atoms with Gasteiger partial charge < -0.3 is 5.11 Å². The summed E-state index contributed by atoms with van der Waals surface area (Å²) in [4.78, 5) is 13.5. The van der Waals surface area contributed by atoms with E-state index in [2.05, 4.69) is 6.92 Å². The van der Waals surface area contributed by atoms with Gasteiger partial charge in [0.25, 0.3) is 0 Å². The number of carboxylic acids is 1. The highest BCUT2D eigenvalue weighted by Gasteiger charge is 2.32. The first kappa shape index (κ1) is 15.0. The molecular formula is C16H22FNO2. The zero-order valence-electron chi connectivity index (χ0n) is 12.1. The summed E-state index contributed by atoms with van der Waals surface area (Å²) in [6.45, 7) is 5.36. The Labute approximate surface area is 119 Å². The van der Waals surface area contributed by atoms with E-state index in [0.29, 0.717) is 18.9 Å². The number of aliphatic carboxylic acids is 1. The van der Waals surface area contributed by atoms with Crippen molar-refractivity contribution in [2.45, 2.75) is 45.7 Å². The van der Waals surface area contributed by atoms with Crippen LogP contribution in [-0.2, 0) is 11.3 Å². The number of benzene rings is 1. The standard InChI is InChI=1S/C16H22FNO2/c1-3-12-6-7-18(15(9-12)16(19)20)10-13-4-5-14(17)8-11(13)2/h4-5,8,12,15H,3,6-7,9-10H2,1-2H3,(H,19,20). The third kappa shape index (κ3) is 3.37. The monoisotopic (exact) mass is 279 g/mol. The van der Waals surface area contributed by atoms with Crippen LogP contribution in [0.1, 0.15) is 37.3 Å². The minimum atomic E-state index is -0.747. The average Bonchev–Trinajstić information content (AvgIpc) is 2.42. The highest BCUT2D eigenvalue weighted by Crippen LogP contribution is 2.27. The number of hydrogen-bond donors (Lipinski definition) is 1. The summed E-state index contributed by atoms with van der Waals surface area (Å²) in [6, 6.07) is 4.29. The second-order valence-electron chi connectivity index (χ2n) is 5.69. The molecule has 1 N–H and O–H groups in total. The van der Waals surface area contributed by atoms with E-state index in [4.69, 9.17) is 0 Å². The minimum Gasteiger partial charge on any atom is -0.480 e. The van der Waals surface area contributed by atoms with Crippen molar-refractivity contribution in [3.63, 3.8) is 0 Å². The predicted molar refractivity (Wildman–Crippen MR) is 76.0 cm³/mol. The molecule has 1 aliphatic rings. The van der Waals surface area contributed by atoms with Gasteiger partial charge in [0.05, 0.1) is 0 Å². The van der Waals surface area contributed by atoms with Gasteiger partial charge in [-0.2, -0.15) is 0 Å². The van der Waals surface area contributed by atoms with E-state index in [9.17, 15) is 14.3 Å². The molecule has 0 aliphatic carbocycles. The summed E-state index contributed by atoms with van der Waals surface area (Å²) >= 11 is 0. The molecule has 2 rings (SSSR count). The lowest BCUT2D eigenvalue weighted by atomic mass is 9.88. The summed E-state index contributed by atoms with van der Waals surface area (Å²) in [7, 11) is 0. The summed E-state index contributed by atoms with van der Waals surface area (Å²) in [5.41, 5.74) is 1.89. The van der Waals surface area contributed by atoms with Crippen LogP contribution in [0, 0.1) is 18.7 Å². The molecule has 2 unspecified atom stereocenters. The van der Waals surface area contributed by atoms with Crippen molar-refractivity contribution in [1.82, 2.24) is 4.90 Å². The molecule has 2 atom stereocenters. The van der Waals surface area contributed by atoms with Gasteiger partial charge in [0.15, 0.2) is 0 Å². The summed E-state index contributed by atoms with van der Waals surface area (Å²) in [6.07, 6.45) is 2.79. The van der Waals surface area contributed by atoms with Gasteiger partial charge in [-0.15, -0.1) is 0 Å². The van der Waals surface area contributed by atoms with Gasteiger partial charge >= 0.3 is 5.97 Å². The van der Waals surface area contributed by atoms with Crippen LogP contribution in [0.4, 0.5) is 4.39 Å². The lowest BCUT2D eigenvalue weighted by Gasteiger charge is -2.37. The molecule has 1 heterocycles. The average molecular weight is 279 g/mol. The lowest BCUT2D eigenvalue weighted by molar-refractivity contribution is -0.145. The molecule has 1 fully saturated rings. The molecule has 3 nitrogen and oxygen atoms in total. The highest BCUT2D eigenvalue weighted by atomic mass is 19.1. The molecular weight excluding hydrogens is 257 g/mol. The Morgan fingerprint density at radius 2 is 2.25 bits per heavy atom. The Bertz CT molecular complexity index is 489. The van der Waals surface area contributed by atoms with Crippen LogP contribution in [0.5, 0.6) is 0 Å². The maximum atomic E-state index is 13.1. The van der Waals surface area contributed by atoms with Crippen molar-refractivity contribution in [3.05, 3.63) is 35.1 Å². The molecule has 0 saturated carbocycles. The van der Waals surface area contributed by atoms with E-state index >= 15 is 0 Å². The van der Waals surface area contributed by atoms with Crippen molar-refractivity contribution in [1.29, 1.82) is 0 Å².